The fraction of sp³-hybridized carbons (Fsp3) is 0.286. The van der Waals surface area contributed by atoms with Gasteiger partial charge in [0, 0.05) is 5.69 Å². The van der Waals surface area contributed by atoms with Crippen LogP contribution in [0.4, 0.5) is 5.69 Å². The van der Waals surface area contributed by atoms with Crippen LogP contribution in [0, 0.1) is 6.92 Å². The lowest BCUT2D eigenvalue weighted by atomic mass is 10.1. The number of benzene rings is 1. The first-order valence-electron chi connectivity index (χ1n) is 5.66. The molecule has 0 aliphatic rings. The van der Waals surface area contributed by atoms with Crippen LogP contribution >= 0.6 is 0 Å². The molecule has 0 saturated carbocycles. The molecule has 0 amide bonds. The third kappa shape index (κ3) is 2.66. The van der Waals surface area contributed by atoms with Gasteiger partial charge >= 0.3 is 0 Å². The third-order valence-corrected chi connectivity index (χ3v) is 2.60. The molecule has 0 saturated heterocycles. The zero-order valence-electron chi connectivity index (χ0n) is 9.79. The minimum Gasteiger partial charge on any atom is -0.465 e. The van der Waals surface area contributed by atoms with E-state index < -0.39 is 0 Å². The van der Waals surface area contributed by atoms with Gasteiger partial charge in [0.25, 0.3) is 0 Å². The Morgan fingerprint density at radius 2 is 2.06 bits per heavy atom. The van der Waals surface area contributed by atoms with Crippen LogP contribution in [0.5, 0.6) is 0 Å². The van der Waals surface area contributed by atoms with Crippen molar-refractivity contribution in [2.45, 2.75) is 26.8 Å². The van der Waals surface area contributed by atoms with E-state index in [2.05, 4.69) is 36.5 Å². The number of anilines is 1. The van der Waals surface area contributed by atoms with E-state index >= 15 is 0 Å². The fourth-order valence-corrected chi connectivity index (χ4v) is 1.67. The molecule has 0 spiro atoms. The molecule has 0 unspecified atom stereocenters. The quantitative estimate of drug-likeness (QED) is 0.840. The molecule has 2 heteroatoms. The SMILES string of the molecule is CCc1cccc(NCc2ccc(C)o2)c1. The van der Waals surface area contributed by atoms with Crippen molar-refractivity contribution in [3.63, 3.8) is 0 Å². The Morgan fingerprint density at radius 1 is 1.19 bits per heavy atom. The number of hydrogen-bond donors (Lipinski definition) is 1. The van der Waals surface area contributed by atoms with Gasteiger partial charge in [-0.2, -0.15) is 0 Å². The maximum atomic E-state index is 5.50. The summed E-state index contributed by atoms with van der Waals surface area (Å²) in [6.07, 6.45) is 1.06. The third-order valence-electron chi connectivity index (χ3n) is 2.60. The molecule has 2 aromatic rings. The highest BCUT2D eigenvalue weighted by molar-refractivity contribution is 5.45. The maximum absolute atomic E-state index is 5.50. The highest BCUT2D eigenvalue weighted by Crippen LogP contribution is 2.13. The molecule has 0 bridgehead atoms. The molecule has 16 heavy (non-hydrogen) atoms. The molecule has 2 rings (SSSR count). The summed E-state index contributed by atoms with van der Waals surface area (Å²) in [7, 11) is 0. The predicted octanol–water partition coefficient (Wildman–Crippen LogP) is 3.76. The Morgan fingerprint density at radius 3 is 2.75 bits per heavy atom. The molecule has 0 aliphatic carbocycles. The van der Waals surface area contributed by atoms with Crippen LogP contribution in [0.1, 0.15) is 24.0 Å². The van der Waals surface area contributed by atoms with Gasteiger partial charge < -0.3 is 9.73 Å². The molecule has 84 valence electrons. The summed E-state index contributed by atoms with van der Waals surface area (Å²) < 4.78 is 5.50. The highest BCUT2D eigenvalue weighted by atomic mass is 16.3. The van der Waals surface area contributed by atoms with Crippen molar-refractivity contribution >= 4 is 5.69 Å². The maximum Gasteiger partial charge on any atom is 0.123 e. The number of rotatable bonds is 4. The number of nitrogens with one attached hydrogen (secondary N) is 1. The molecular weight excluding hydrogens is 198 g/mol. The molecule has 1 aromatic heterocycles. The van der Waals surface area contributed by atoms with E-state index in [-0.39, 0.29) is 0 Å². The van der Waals surface area contributed by atoms with Gasteiger partial charge in [-0.15, -0.1) is 0 Å². The first-order chi connectivity index (χ1) is 7.78. The summed E-state index contributed by atoms with van der Waals surface area (Å²) in [6.45, 7) is 4.86. The minimum atomic E-state index is 0.737. The predicted molar refractivity (Wildman–Crippen MR) is 66.6 cm³/mol. The summed E-state index contributed by atoms with van der Waals surface area (Å²) >= 11 is 0. The van der Waals surface area contributed by atoms with Crippen molar-refractivity contribution in [3.8, 4) is 0 Å². The monoisotopic (exact) mass is 215 g/mol. The lowest BCUT2D eigenvalue weighted by Gasteiger charge is -2.05. The van der Waals surface area contributed by atoms with Gasteiger partial charge in [0.2, 0.25) is 0 Å². The molecule has 1 aromatic carbocycles. The van der Waals surface area contributed by atoms with Crippen molar-refractivity contribution in [2.24, 2.45) is 0 Å². The van der Waals surface area contributed by atoms with Crippen LogP contribution in [-0.2, 0) is 13.0 Å². The average Bonchev–Trinajstić information content (AvgIpc) is 2.73. The van der Waals surface area contributed by atoms with Crippen molar-refractivity contribution < 1.29 is 4.42 Å². The first-order valence-corrected chi connectivity index (χ1v) is 5.66. The second-order valence-corrected chi connectivity index (χ2v) is 3.92. The second kappa shape index (κ2) is 4.88. The Hall–Kier alpha value is -1.70. The topological polar surface area (TPSA) is 25.2 Å². The summed E-state index contributed by atoms with van der Waals surface area (Å²) in [5.74, 6) is 1.93. The van der Waals surface area contributed by atoms with E-state index in [0.717, 1.165) is 30.2 Å². The van der Waals surface area contributed by atoms with Crippen molar-refractivity contribution in [2.75, 3.05) is 5.32 Å². The summed E-state index contributed by atoms with van der Waals surface area (Å²) in [4.78, 5) is 0. The largest absolute Gasteiger partial charge is 0.465 e. The van der Waals surface area contributed by atoms with E-state index in [1.807, 2.05) is 19.1 Å². The van der Waals surface area contributed by atoms with Crippen molar-refractivity contribution in [3.05, 3.63) is 53.5 Å². The molecule has 1 heterocycles. The Balaban J connectivity index is 1.99. The van der Waals surface area contributed by atoms with Crippen LogP contribution in [0.15, 0.2) is 40.8 Å². The van der Waals surface area contributed by atoms with Gasteiger partial charge in [0.1, 0.15) is 11.5 Å². The summed E-state index contributed by atoms with van der Waals surface area (Å²) in [5, 5.41) is 3.36. The normalized spacial score (nSPS) is 10.4. The number of furan rings is 1. The van der Waals surface area contributed by atoms with Gasteiger partial charge in [-0.3, -0.25) is 0 Å². The van der Waals surface area contributed by atoms with Gasteiger partial charge in [-0.1, -0.05) is 19.1 Å². The lowest BCUT2D eigenvalue weighted by Crippen LogP contribution is -1.98. The molecule has 2 nitrogen and oxygen atoms in total. The van der Waals surface area contributed by atoms with Crippen LogP contribution in [0.2, 0.25) is 0 Å². The zero-order chi connectivity index (χ0) is 11.4. The van der Waals surface area contributed by atoms with E-state index in [1.165, 1.54) is 5.56 Å². The average molecular weight is 215 g/mol. The molecule has 1 N–H and O–H groups in total. The van der Waals surface area contributed by atoms with E-state index in [0.29, 0.717) is 0 Å². The van der Waals surface area contributed by atoms with Crippen LogP contribution in [0.25, 0.3) is 0 Å². The summed E-state index contributed by atoms with van der Waals surface area (Å²) in [6, 6.07) is 12.5. The molecule has 0 atom stereocenters. The molecule has 0 fully saturated rings. The molecule has 0 radical (unpaired) electrons. The Bertz CT molecular complexity index is 459. The van der Waals surface area contributed by atoms with E-state index in [9.17, 15) is 0 Å². The van der Waals surface area contributed by atoms with Gasteiger partial charge in [0.05, 0.1) is 6.54 Å². The standard InChI is InChI=1S/C14H17NO/c1-3-12-5-4-6-13(9-12)15-10-14-8-7-11(2)16-14/h4-9,15H,3,10H2,1-2H3. The van der Waals surface area contributed by atoms with Gasteiger partial charge in [-0.25, -0.2) is 0 Å². The fourth-order valence-electron chi connectivity index (χ4n) is 1.67. The van der Waals surface area contributed by atoms with Gasteiger partial charge in [-0.05, 0) is 43.2 Å². The van der Waals surface area contributed by atoms with E-state index in [4.69, 9.17) is 4.42 Å². The Kier molecular flexibility index (Phi) is 3.30. The number of aryl methyl sites for hydroxylation is 2. The first kappa shape index (κ1) is 10.8. The van der Waals surface area contributed by atoms with Crippen LogP contribution in [-0.4, -0.2) is 0 Å². The van der Waals surface area contributed by atoms with Crippen molar-refractivity contribution in [1.29, 1.82) is 0 Å². The Labute approximate surface area is 96.3 Å². The van der Waals surface area contributed by atoms with Crippen LogP contribution in [0.3, 0.4) is 0 Å². The van der Waals surface area contributed by atoms with Crippen molar-refractivity contribution in [1.82, 2.24) is 0 Å². The minimum absolute atomic E-state index is 0.737. The van der Waals surface area contributed by atoms with Crippen LogP contribution < -0.4 is 5.32 Å². The highest BCUT2D eigenvalue weighted by Gasteiger charge is 1.98. The molecule has 0 aliphatic heterocycles. The molecular formula is C14H17NO. The van der Waals surface area contributed by atoms with E-state index in [1.54, 1.807) is 0 Å². The summed E-state index contributed by atoms with van der Waals surface area (Å²) in [5.41, 5.74) is 2.49. The lowest BCUT2D eigenvalue weighted by molar-refractivity contribution is 0.490. The number of hydrogen-bond acceptors (Lipinski definition) is 2. The van der Waals surface area contributed by atoms with Gasteiger partial charge in [0.15, 0.2) is 0 Å². The zero-order valence-corrected chi connectivity index (χ0v) is 9.79. The second-order valence-electron chi connectivity index (χ2n) is 3.92. The smallest absolute Gasteiger partial charge is 0.123 e.